The number of nitrogens with one attached hydrogen (secondary N) is 2. The van der Waals surface area contributed by atoms with Gasteiger partial charge in [0.25, 0.3) is 0 Å². The number of hydrogen-bond acceptors (Lipinski definition) is 3. The van der Waals surface area contributed by atoms with Crippen LogP contribution in [0.1, 0.15) is 32.4 Å². The van der Waals surface area contributed by atoms with Crippen LogP contribution in [0.25, 0.3) is 0 Å². The number of ether oxygens (including phenoxy) is 1. The Morgan fingerprint density at radius 1 is 1.33 bits per heavy atom. The Kier molecular flexibility index (Phi) is 12.5. The molecule has 1 aromatic rings. The molecule has 2 N–H and O–H groups in total. The highest BCUT2D eigenvalue weighted by Crippen LogP contribution is 2.01. The van der Waals surface area contributed by atoms with E-state index in [0.29, 0.717) is 19.1 Å². The molecule has 0 aliphatic carbocycles. The van der Waals surface area contributed by atoms with Crippen LogP contribution in [0, 0.1) is 5.92 Å². The Morgan fingerprint density at radius 2 is 2.10 bits per heavy atom. The number of aliphatic imine (C=N–C) groups is 1. The zero-order valence-electron chi connectivity index (χ0n) is 13.2. The van der Waals surface area contributed by atoms with Crippen LogP contribution in [0.2, 0.25) is 0 Å². The molecule has 0 spiro atoms. The van der Waals surface area contributed by atoms with Gasteiger partial charge in [-0.1, -0.05) is 13.8 Å². The van der Waals surface area contributed by atoms with Gasteiger partial charge < -0.3 is 19.8 Å². The molecule has 1 heterocycles. The van der Waals surface area contributed by atoms with Crippen molar-refractivity contribution >= 4 is 29.9 Å². The third-order valence-electron chi connectivity index (χ3n) is 2.82. The van der Waals surface area contributed by atoms with Gasteiger partial charge in [-0.25, -0.2) is 0 Å². The van der Waals surface area contributed by atoms with Crippen molar-refractivity contribution in [2.24, 2.45) is 10.9 Å². The first-order valence-electron chi connectivity index (χ1n) is 7.27. The van der Waals surface area contributed by atoms with E-state index in [1.165, 1.54) is 0 Å². The first-order chi connectivity index (χ1) is 9.72. The van der Waals surface area contributed by atoms with E-state index in [9.17, 15) is 0 Å². The molecule has 0 unspecified atom stereocenters. The second-order valence-corrected chi connectivity index (χ2v) is 5.09. The molecule has 1 aromatic heterocycles. The maximum atomic E-state index is 5.51. The highest BCUT2D eigenvalue weighted by molar-refractivity contribution is 14.0. The smallest absolute Gasteiger partial charge is 0.190 e. The van der Waals surface area contributed by atoms with Crippen molar-refractivity contribution in [1.29, 1.82) is 0 Å². The molecule has 0 bridgehead atoms. The van der Waals surface area contributed by atoms with Gasteiger partial charge in [0, 0.05) is 26.7 Å². The van der Waals surface area contributed by atoms with Crippen LogP contribution in [0.4, 0.5) is 0 Å². The summed E-state index contributed by atoms with van der Waals surface area (Å²) < 4.78 is 10.7. The van der Waals surface area contributed by atoms with E-state index in [-0.39, 0.29) is 24.0 Å². The molecule has 0 amide bonds. The highest BCUT2D eigenvalue weighted by atomic mass is 127. The van der Waals surface area contributed by atoms with E-state index in [2.05, 4.69) is 29.5 Å². The van der Waals surface area contributed by atoms with Gasteiger partial charge in [-0.05, 0) is 30.9 Å². The number of furan rings is 1. The van der Waals surface area contributed by atoms with Crippen LogP contribution in [-0.4, -0.2) is 32.7 Å². The molecule has 21 heavy (non-hydrogen) atoms. The minimum atomic E-state index is 0. The minimum Gasteiger partial charge on any atom is -0.467 e. The second-order valence-electron chi connectivity index (χ2n) is 5.09. The lowest BCUT2D eigenvalue weighted by Crippen LogP contribution is -2.38. The van der Waals surface area contributed by atoms with Gasteiger partial charge in [0.15, 0.2) is 5.96 Å². The fourth-order valence-corrected chi connectivity index (χ4v) is 1.65. The van der Waals surface area contributed by atoms with Crippen LogP contribution >= 0.6 is 24.0 Å². The summed E-state index contributed by atoms with van der Waals surface area (Å²) in [4.78, 5) is 4.18. The largest absolute Gasteiger partial charge is 0.467 e. The zero-order valence-corrected chi connectivity index (χ0v) is 15.6. The van der Waals surface area contributed by atoms with Gasteiger partial charge in [0.05, 0.1) is 6.26 Å². The monoisotopic (exact) mass is 409 g/mol. The molecule has 0 radical (unpaired) electrons. The SMILES string of the molecule is CN=C(NCCCOCc1ccco1)NCCC(C)C.I. The standard InChI is InChI=1S/C15H27N3O2.HI/c1-13(2)7-9-18-15(16-3)17-8-5-10-19-12-14-6-4-11-20-14;/h4,6,11,13H,5,7-10,12H2,1-3H3,(H2,16,17,18);1H. The van der Waals surface area contributed by atoms with Crippen LogP contribution in [0.5, 0.6) is 0 Å². The molecular weight excluding hydrogens is 381 g/mol. The Labute approximate surface area is 144 Å². The second kappa shape index (κ2) is 12.9. The van der Waals surface area contributed by atoms with E-state index >= 15 is 0 Å². The van der Waals surface area contributed by atoms with Gasteiger partial charge in [0.1, 0.15) is 12.4 Å². The van der Waals surface area contributed by atoms with Crippen molar-refractivity contribution in [3.63, 3.8) is 0 Å². The fraction of sp³-hybridized carbons (Fsp3) is 0.667. The lowest BCUT2D eigenvalue weighted by atomic mass is 10.1. The Morgan fingerprint density at radius 3 is 2.71 bits per heavy atom. The average molecular weight is 409 g/mol. The van der Waals surface area contributed by atoms with Crippen molar-refractivity contribution in [3.8, 4) is 0 Å². The highest BCUT2D eigenvalue weighted by Gasteiger charge is 1.99. The molecule has 0 fully saturated rings. The number of halogens is 1. The van der Waals surface area contributed by atoms with Gasteiger partial charge in [0.2, 0.25) is 0 Å². The molecule has 0 atom stereocenters. The number of rotatable bonds is 9. The molecule has 0 aliphatic heterocycles. The molecule has 6 heteroatoms. The maximum absolute atomic E-state index is 5.51. The van der Waals surface area contributed by atoms with Crippen LogP contribution in [-0.2, 0) is 11.3 Å². The Balaban J connectivity index is 0.00000400. The van der Waals surface area contributed by atoms with E-state index < -0.39 is 0 Å². The van der Waals surface area contributed by atoms with E-state index in [1.54, 1.807) is 13.3 Å². The molecule has 0 saturated carbocycles. The molecule has 0 aromatic carbocycles. The summed E-state index contributed by atoms with van der Waals surface area (Å²) in [5, 5.41) is 6.57. The number of nitrogens with zero attached hydrogens (tertiary/aromatic N) is 1. The summed E-state index contributed by atoms with van der Waals surface area (Å²) in [6, 6.07) is 3.78. The molecule has 122 valence electrons. The van der Waals surface area contributed by atoms with Crippen molar-refractivity contribution in [2.45, 2.75) is 33.3 Å². The van der Waals surface area contributed by atoms with Crippen LogP contribution < -0.4 is 10.6 Å². The lowest BCUT2D eigenvalue weighted by Gasteiger charge is -2.12. The summed E-state index contributed by atoms with van der Waals surface area (Å²) in [5.41, 5.74) is 0. The molecule has 5 nitrogen and oxygen atoms in total. The number of guanidine groups is 1. The maximum Gasteiger partial charge on any atom is 0.190 e. The number of hydrogen-bond donors (Lipinski definition) is 2. The third kappa shape index (κ3) is 10.6. The van der Waals surface area contributed by atoms with Crippen molar-refractivity contribution in [1.82, 2.24) is 10.6 Å². The van der Waals surface area contributed by atoms with E-state index in [4.69, 9.17) is 9.15 Å². The summed E-state index contributed by atoms with van der Waals surface area (Å²) in [5.74, 6) is 2.43. The Bertz CT molecular complexity index is 367. The van der Waals surface area contributed by atoms with Crippen LogP contribution in [0.3, 0.4) is 0 Å². The van der Waals surface area contributed by atoms with E-state index in [0.717, 1.165) is 37.7 Å². The molecule has 0 aliphatic rings. The summed E-state index contributed by atoms with van der Waals surface area (Å²) in [6.45, 7) is 7.47. The van der Waals surface area contributed by atoms with Crippen molar-refractivity contribution in [2.75, 3.05) is 26.7 Å². The summed E-state index contributed by atoms with van der Waals surface area (Å²) in [6.07, 6.45) is 3.74. The Hall–Kier alpha value is -0.760. The summed E-state index contributed by atoms with van der Waals surface area (Å²) in [7, 11) is 1.79. The van der Waals surface area contributed by atoms with Gasteiger partial charge in [-0.2, -0.15) is 0 Å². The first kappa shape index (κ1) is 20.2. The predicted molar refractivity (Wildman–Crippen MR) is 97.2 cm³/mol. The molecule has 0 saturated heterocycles. The van der Waals surface area contributed by atoms with E-state index in [1.807, 2.05) is 12.1 Å². The van der Waals surface area contributed by atoms with Crippen molar-refractivity contribution < 1.29 is 9.15 Å². The third-order valence-corrected chi connectivity index (χ3v) is 2.82. The topological polar surface area (TPSA) is 58.8 Å². The van der Waals surface area contributed by atoms with Crippen molar-refractivity contribution in [3.05, 3.63) is 24.2 Å². The van der Waals surface area contributed by atoms with Gasteiger partial charge in [-0.15, -0.1) is 24.0 Å². The normalized spacial score (nSPS) is 11.3. The quantitative estimate of drug-likeness (QED) is 0.285. The lowest BCUT2D eigenvalue weighted by molar-refractivity contribution is 0.105. The molecule has 1 rings (SSSR count). The average Bonchev–Trinajstić information content (AvgIpc) is 2.93. The predicted octanol–water partition coefficient (Wildman–Crippen LogP) is 3.02. The van der Waals surface area contributed by atoms with Crippen LogP contribution in [0.15, 0.2) is 27.8 Å². The fourth-order valence-electron chi connectivity index (χ4n) is 1.65. The van der Waals surface area contributed by atoms with Gasteiger partial charge in [-0.3, -0.25) is 4.99 Å². The minimum absolute atomic E-state index is 0. The first-order valence-corrected chi connectivity index (χ1v) is 7.27. The van der Waals surface area contributed by atoms with Gasteiger partial charge >= 0.3 is 0 Å². The molecular formula is C15H28IN3O2. The summed E-state index contributed by atoms with van der Waals surface area (Å²) >= 11 is 0. The zero-order chi connectivity index (χ0) is 14.6.